The topological polar surface area (TPSA) is 86.3 Å². The molecule has 0 saturated carbocycles. The summed E-state index contributed by atoms with van der Waals surface area (Å²) in [4.78, 5) is 11.8. The molecule has 0 bridgehead atoms. The average molecular weight is 454 g/mol. The Bertz CT molecular complexity index is 898. The van der Waals surface area contributed by atoms with Crippen molar-refractivity contribution in [3.63, 3.8) is 0 Å². The van der Waals surface area contributed by atoms with Crippen molar-refractivity contribution in [1.82, 2.24) is 5.32 Å². The molecule has 0 aliphatic carbocycles. The van der Waals surface area contributed by atoms with Crippen LogP contribution < -0.4 is 10.1 Å². The van der Waals surface area contributed by atoms with Gasteiger partial charge in [0.05, 0.1) is 11.6 Å². The molecule has 7 nitrogen and oxygen atoms in total. The van der Waals surface area contributed by atoms with E-state index in [1.807, 2.05) is 30.3 Å². The molecule has 0 spiro atoms. The van der Waals surface area contributed by atoms with Gasteiger partial charge >= 0.3 is 0 Å². The van der Waals surface area contributed by atoms with Crippen LogP contribution in [0.4, 0.5) is 0 Å². The highest BCUT2D eigenvalue weighted by molar-refractivity contribution is 6.35. The Kier molecular flexibility index (Phi) is 6.48. The van der Waals surface area contributed by atoms with E-state index in [0.29, 0.717) is 10.8 Å². The van der Waals surface area contributed by atoms with Gasteiger partial charge in [-0.3, -0.25) is 4.79 Å². The van der Waals surface area contributed by atoms with Crippen molar-refractivity contribution in [2.75, 3.05) is 6.61 Å². The van der Waals surface area contributed by atoms with Crippen LogP contribution in [0, 0.1) is 0 Å². The van der Waals surface area contributed by atoms with Gasteiger partial charge in [0.25, 0.3) is 0 Å². The fourth-order valence-electron chi connectivity index (χ4n) is 3.56. The van der Waals surface area contributed by atoms with Crippen molar-refractivity contribution in [2.45, 2.75) is 43.9 Å². The molecule has 2 aromatic rings. The largest absolute Gasteiger partial charge is 0.461 e. The minimum Gasteiger partial charge on any atom is -0.461 e. The Labute approximate surface area is 183 Å². The number of hydrogen-bond acceptors (Lipinski definition) is 6. The minimum atomic E-state index is -1.10. The molecule has 0 aromatic heterocycles. The standard InChI is InChI=1S/C21H21Cl2NO6/c1-11(25)24-17-18(26)19-16(10-27-20(30-19)12-5-3-2-4-6-12)29-21(17)28-15-8-7-13(22)9-14(15)23/h2-9,16-21,26H,10H2,1H3,(H,24,25)/t16-,17+,18-,19-,20+,21-/m1/s1. The summed E-state index contributed by atoms with van der Waals surface area (Å²) in [6, 6.07) is 13.3. The van der Waals surface area contributed by atoms with E-state index in [9.17, 15) is 9.90 Å². The lowest BCUT2D eigenvalue weighted by Crippen LogP contribution is -2.67. The molecule has 30 heavy (non-hydrogen) atoms. The van der Waals surface area contributed by atoms with E-state index in [1.54, 1.807) is 12.1 Å². The summed E-state index contributed by atoms with van der Waals surface area (Å²) < 4.78 is 23.7. The number of carbonyl (C=O) groups excluding carboxylic acids is 1. The molecule has 2 aromatic carbocycles. The molecule has 1 amide bonds. The molecule has 0 unspecified atom stereocenters. The number of fused-ring (bicyclic) bond motifs is 1. The minimum absolute atomic E-state index is 0.183. The van der Waals surface area contributed by atoms with Crippen LogP contribution in [0.5, 0.6) is 5.75 Å². The van der Waals surface area contributed by atoms with Crippen molar-refractivity contribution < 1.29 is 28.8 Å². The van der Waals surface area contributed by atoms with Gasteiger partial charge in [0.2, 0.25) is 12.2 Å². The number of aliphatic hydroxyl groups is 1. The third kappa shape index (κ3) is 4.56. The molecule has 160 valence electrons. The fraction of sp³-hybridized carbons (Fsp3) is 0.381. The Balaban J connectivity index is 1.55. The van der Waals surface area contributed by atoms with E-state index in [2.05, 4.69) is 5.32 Å². The van der Waals surface area contributed by atoms with Crippen LogP contribution in [-0.4, -0.2) is 48.3 Å². The Morgan fingerprint density at radius 1 is 1.17 bits per heavy atom. The third-order valence-electron chi connectivity index (χ3n) is 4.94. The van der Waals surface area contributed by atoms with Crippen LogP contribution in [0.3, 0.4) is 0 Å². The number of hydrogen-bond donors (Lipinski definition) is 2. The molecule has 4 rings (SSSR count). The number of benzene rings is 2. The first-order valence-electron chi connectivity index (χ1n) is 9.46. The van der Waals surface area contributed by atoms with E-state index in [4.69, 9.17) is 42.1 Å². The van der Waals surface area contributed by atoms with Crippen LogP contribution in [-0.2, 0) is 19.0 Å². The molecule has 2 saturated heterocycles. The Morgan fingerprint density at radius 3 is 2.63 bits per heavy atom. The lowest BCUT2D eigenvalue weighted by molar-refractivity contribution is -0.333. The number of amides is 1. The van der Waals surface area contributed by atoms with Crippen molar-refractivity contribution in [1.29, 1.82) is 0 Å². The Morgan fingerprint density at radius 2 is 1.93 bits per heavy atom. The summed E-state index contributed by atoms with van der Waals surface area (Å²) in [5.74, 6) is -0.0320. The summed E-state index contributed by atoms with van der Waals surface area (Å²) in [6.45, 7) is 1.53. The van der Waals surface area contributed by atoms with Crippen molar-refractivity contribution in [3.8, 4) is 5.75 Å². The molecule has 9 heteroatoms. The number of nitrogens with one attached hydrogen (secondary N) is 1. The summed E-state index contributed by atoms with van der Waals surface area (Å²) in [5.41, 5.74) is 0.825. The quantitative estimate of drug-likeness (QED) is 0.739. The second kappa shape index (κ2) is 9.09. The number of rotatable bonds is 4. The molecule has 2 N–H and O–H groups in total. The molecule has 0 radical (unpaired) electrons. The van der Waals surface area contributed by atoms with Crippen LogP contribution in [0.1, 0.15) is 18.8 Å². The van der Waals surface area contributed by atoms with E-state index >= 15 is 0 Å². The predicted octanol–water partition coefficient (Wildman–Crippen LogP) is 3.08. The summed E-state index contributed by atoms with van der Waals surface area (Å²) in [7, 11) is 0. The van der Waals surface area contributed by atoms with Crippen LogP contribution in [0.25, 0.3) is 0 Å². The Hall–Kier alpha value is -1.87. The first-order valence-corrected chi connectivity index (χ1v) is 10.2. The summed E-state index contributed by atoms with van der Waals surface area (Å²) >= 11 is 12.1. The lowest BCUT2D eigenvalue weighted by atomic mass is 9.95. The highest BCUT2D eigenvalue weighted by Crippen LogP contribution is 2.36. The summed E-state index contributed by atoms with van der Waals surface area (Å²) in [6.07, 6.45) is -4.07. The third-order valence-corrected chi connectivity index (χ3v) is 5.47. The molecular formula is C21H21Cl2NO6. The second-order valence-electron chi connectivity index (χ2n) is 7.13. The first kappa shape index (κ1) is 21.4. The van der Waals surface area contributed by atoms with Gasteiger partial charge in [-0.2, -0.15) is 0 Å². The van der Waals surface area contributed by atoms with E-state index < -0.39 is 36.9 Å². The van der Waals surface area contributed by atoms with Gasteiger partial charge in [-0.05, 0) is 18.2 Å². The SMILES string of the molecule is CC(=O)N[C@@H]1[C@H](Oc2ccc(Cl)cc2Cl)O[C@@H]2CO[C@H](c3ccccc3)O[C@H]2[C@@H]1O. The fourth-order valence-corrected chi connectivity index (χ4v) is 4.01. The normalized spacial score (nSPS) is 30.9. The number of aliphatic hydroxyl groups excluding tert-OH is 1. The van der Waals surface area contributed by atoms with Gasteiger partial charge in [-0.25, -0.2) is 0 Å². The number of halogens is 2. The smallest absolute Gasteiger partial charge is 0.223 e. The lowest BCUT2D eigenvalue weighted by Gasteiger charge is -2.47. The highest BCUT2D eigenvalue weighted by atomic mass is 35.5. The van der Waals surface area contributed by atoms with Gasteiger partial charge in [-0.15, -0.1) is 0 Å². The highest BCUT2D eigenvalue weighted by Gasteiger charge is 2.50. The maximum Gasteiger partial charge on any atom is 0.223 e. The van der Waals surface area contributed by atoms with Gasteiger partial charge in [0.15, 0.2) is 6.29 Å². The van der Waals surface area contributed by atoms with Gasteiger partial charge in [0, 0.05) is 17.5 Å². The van der Waals surface area contributed by atoms with E-state index in [1.165, 1.54) is 13.0 Å². The van der Waals surface area contributed by atoms with Crippen molar-refractivity contribution >= 4 is 29.1 Å². The van der Waals surface area contributed by atoms with E-state index in [0.717, 1.165) is 5.56 Å². The maximum absolute atomic E-state index is 11.8. The monoisotopic (exact) mass is 453 g/mol. The molecule has 2 aliphatic rings. The van der Waals surface area contributed by atoms with Gasteiger partial charge in [-0.1, -0.05) is 53.5 Å². The molecule has 2 heterocycles. The van der Waals surface area contributed by atoms with Crippen molar-refractivity contribution in [3.05, 3.63) is 64.1 Å². The van der Waals surface area contributed by atoms with Gasteiger partial charge in [0.1, 0.15) is 30.1 Å². The zero-order chi connectivity index (χ0) is 21.3. The van der Waals surface area contributed by atoms with Gasteiger partial charge < -0.3 is 29.4 Å². The molecule has 2 aliphatic heterocycles. The predicted molar refractivity (Wildman–Crippen MR) is 109 cm³/mol. The number of ether oxygens (including phenoxy) is 4. The first-order chi connectivity index (χ1) is 14.4. The van der Waals surface area contributed by atoms with Crippen molar-refractivity contribution in [2.24, 2.45) is 0 Å². The molecule has 2 fully saturated rings. The zero-order valence-corrected chi connectivity index (χ0v) is 17.5. The second-order valence-corrected chi connectivity index (χ2v) is 7.97. The zero-order valence-electron chi connectivity index (χ0n) is 16.0. The van der Waals surface area contributed by atoms with Crippen LogP contribution in [0.2, 0.25) is 10.0 Å². The molecular weight excluding hydrogens is 433 g/mol. The average Bonchev–Trinajstić information content (AvgIpc) is 2.73. The van der Waals surface area contributed by atoms with Crippen LogP contribution >= 0.6 is 23.2 Å². The van der Waals surface area contributed by atoms with Crippen LogP contribution in [0.15, 0.2) is 48.5 Å². The maximum atomic E-state index is 11.8. The molecule has 6 atom stereocenters. The van der Waals surface area contributed by atoms with E-state index in [-0.39, 0.29) is 17.5 Å². The number of carbonyl (C=O) groups is 1. The summed E-state index contributed by atoms with van der Waals surface area (Å²) in [5, 5.41) is 14.5.